The van der Waals surface area contributed by atoms with Crippen LogP contribution in [-0.4, -0.2) is 19.3 Å². The van der Waals surface area contributed by atoms with Gasteiger partial charge in [0.25, 0.3) is 0 Å². The summed E-state index contributed by atoms with van der Waals surface area (Å²) in [5.74, 6) is -1.15. The summed E-state index contributed by atoms with van der Waals surface area (Å²) in [7, 11) is 0. The highest BCUT2D eigenvalue weighted by atomic mass is 19.4. The van der Waals surface area contributed by atoms with Crippen LogP contribution in [0.5, 0.6) is 0 Å². The van der Waals surface area contributed by atoms with Crippen LogP contribution in [0.3, 0.4) is 0 Å². The van der Waals surface area contributed by atoms with Crippen molar-refractivity contribution in [3.8, 4) is 0 Å². The number of benzene rings is 1. The molecule has 17 heavy (non-hydrogen) atoms. The van der Waals surface area contributed by atoms with Gasteiger partial charge in [-0.3, -0.25) is 0 Å². The molecule has 0 amide bonds. The van der Waals surface area contributed by atoms with E-state index >= 15 is 0 Å². The van der Waals surface area contributed by atoms with E-state index in [1.165, 1.54) is 0 Å². The van der Waals surface area contributed by atoms with Crippen LogP contribution in [0.1, 0.15) is 12.8 Å². The van der Waals surface area contributed by atoms with E-state index in [2.05, 4.69) is 0 Å². The molecule has 0 atom stereocenters. The van der Waals surface area contributed by atoms with E-state index in [4.69, 9.17) is 5.73 Å². The van der Waals surface area contributed by atoms with Gasteiger partial charge < -0.3 is 10.6 Å². The number of piperidine rings is 1. The van der Waals surface area contributed by atoms with Gasteiger partial charge in [0.15, 0.2) is 0 Å². The van der Waals surface area contributed by atoms with Crippen LogP contribution in [0.15, 0.2) is 24.3 Å². The lowest BCUT2D eigenvalue weighted by atomic mass is 9.96. The second-order valence-corrected chi connectivity index (χ2v) is 4.40. The van der Waals surface area contributed by atoms with Crippen molar-refractivity contribution in [2.24, 2.45) is 5.92 Å². The molecule has 1 fully saturated rings. The maximum atomic E-state index is 12.5. The van der Waals surface area contributed by atoms with Crippen molar-refractivity contribution >= 4 is 11.4 Å². The number of nitrogen functional groups attached to an aromatic ring is 1. The minimum absolute atomic E-state index is 0.165. The van der Waals surface area contributed by atoms with E-state index < -0.39 is 12.1 Å². The van der Waals surface area contributed by atoms with Crippen LogP contribution >= 0.6 is 0 Å². The van der Waals surface area contributed by atoms with Gasteiger partial charge in [-0.15, -0.1) is 0 Å². The molecule has 2 nitrogen and oxygen atoms in total. The molecule has 1 aromatic carbocycles. The Morgan fingerprint density at radius 3 is 2.35 bits per heavy atom. The summed E-state index contributed by atoms with van der Waals surface area (Å²) in [6, 6.07) is 7.27. The second-order valence-electron chi connectivity index (χ2n) is 4.40. The monoisotopic (exact) mass is 244 g/mol. The average Bonchev–Trinajstić information content (AvgIpc) is 2.28. The maximum Gasteiger partial charge on any atom is 0.391 e. The number of nitrogens with zero attached hydrogens (tertiary/aromatic N) is 1. The van der Waals surface area contributed by atoms with Gasteiger partial charge in [0.05, 0.1) is 5.92 Å². The Morgan fingerprint density at radius 1 is 1.18 bits per heavy atom. The van der Waals surface area contributed by atoms with Crippen LogP contribution in [0.2, 0.25) is 0 Å². The Bertz CT molecular complexity index is 382. The van der Waals surface area contributed by atoms with Crippen molar-refractivity contribution in [2.45, 2.75) is 19.0 Å². The molecule has 1 aliphatic heterocycles. The zero-order chi connectivity index (χ0) is 12.5. The number of halogens is 3. The highest BCUT2D eigenvalue weighted by Crippen LogP contribution is 2.35. The fourth-order valence-corrected chi connectivity index (χ4v) is 2.19. The summed E-state index contributed by atoms with van der Waals surface area (Å²) >= 11 is 0. The summed E-state index contributed by atoms with van der Waals surface area (Å²) in [6.45, 7) is 0.876. The van der Waals surface area contributed by atoms with Crippen molar-refractivity contribution in [3.63, 3.8) is 0 Å². The van der Waals surface area contributed by atoms with Gasteiger partial charge >= 0.3 is 6.18 Å². The molecule has 0 radical (unpaired) electrons. The van der Waals surface area contributed by atoms with Gasteiger partial charge in [0.2, 0.25) is 0 Å². The normalized spacial score (nSPS) is 18.4. The van der Waals surface area contributed by atoms with Crippen LogP contribution in [0.25, 0.3) is 0 Å². The minimum Gasteiger partial charge on any atom is -0.399 e. The standard InChI is InChI=1S/C12H15F3N2/c13-12(14,15)9-4-6-17(7-5-9)11-3-1-2-10(16)8-11/h1-3,8-9H,4-7,16H2. The van der Waals surface area contributed by atoms with Gasteiger partial charge in [-0.1, -0.05) is 6.07 Å². The third-order valence-electron chi connectivity index (χ3n) is 3.19. The molecular formula is C12H15F3N2. The summed E-state index contributed by atoms with van der Waals surface area (Å²) in [5, 5.41) is 0. The minimum atomic E-state index is -4.05. The summed E-state index contributed by atoms with van der Waals surface area (Å²) < 4.78 is 37.5. The van der Waals surface area contributed by atoms with Gasteiger partial charge in [-0.2, -0.15) is 13.2 Å². The number of hydrogen-bond acceptors (Lipinski definition) is 2. The molecule has 2 N–H and O–H groups in total. The molecule has 0 aromatic heterocycles. The Balaban J connectivity index is 2.00. The highest BCUT2D eigenvalue weighted by molar-refractivity contribution is 5.56. The average molecular weight is 244 g/mol. The van der Waals surface area contributed by atoms with Gasteiger partial charge in [-0.05, 0) is 31.0 Å². The number of hydrogen-bond donors (Lipinski definition) is 1. The maximum absolute atomic E-state index is 12.5. The number of nitrogens with two attached hydrogens (primary N) is 1. The van der Waals surface area contributed by atoms with Gasteiger partial charge in [-0.25, -0.2) is 0 Å². The molecule has 1 aromatic rings. The molecule has 0 spiro atoms. The summed E-state index contributed by atoms with van der Waals surface area (Å²) in [5.41, 5.74) is 7.20. The van der Waals surface area contributed by atoms with E-state index in [1.807, 2.05) is 17.0 Å². The highest BCUT2D eigenvalue weighted by Gasteiger charge is 2.41. The van der Waals surface area contributed by atoms with E-state index in [-0.39, 0.29) is 12.8 Å². The quantitative estimate of drug-likeness (QED) is 0.769. The molecule has 0 aliphatic carbocycles. The molecule has 2 rings (SSSR count). The lowest BCUT2D eigenvalue weighted by Gasteiger charge is -2.34. The first-order valence-corrected chi connectivity index (χ1v) is 5.64. The first-order chi connectivity index (χ1) is 7.97. The molecule has 0 unspecified atom stereocenters. The largest absolute Gasteiger partial charge is 0.399 e. The summed E-state index contributed by atoms with van der Waals surface area (Å²) in [6.07, 6.45) is -3.72. The molecule has 5 heteroatoms. The van der Waals surface area contributed by atoms with Crippen molar-refractivity contribution < 1.29 is 13.2 Å². The van der Waals surface area contributed by atoms with E-state index in [1.54, 1.807) is 12.1 Å². The molecule has 0 bridgehead atoms. The molecule has 0 saturated carbocycles. The van der Waals surface area contributed by atoms with Crippen LogP contribution < -0.4 is 10.6 Å². The lowest BCUT2D eigenvalue weighted by molar-refractivity contribution is -0.179. The predicted octanol–water partition coefficient (Wildman–Crippen LogP) is 3.05. The number of rotatable bonds is 1. The van der Waals surface area contributed by atoms with E-state index in [0.717, 1.165) is 5.69 Å². The topological polar surface area (TPSA) is 29.3 Å². The van der Waals surface area contributed by atoms with Crippen LogP contribution in [-0.2, 0) is 0 Å². The van der Waals surface area contributed by atoms with Crippen molar-refractivity contribution in [1.29, 1.82) is 0 Å². The molecule has 1 heterocycles. The fraction of sp³-hybridized carbons (Fsp3) is 0.500. The van der Waals surface area contributed by atoms with Crippen molar-refractivity contribution in [1.82, 2.24) is 0 Å². The third kappa shape index (κ3) is 2.84. The fourth-order valence-electron chi connectivity index (χ4n) is 2.19. The molecule has 1 aliphatic rings. The zero-order valence-electron chi connectivity index (χ0n) is 9.37. The Hall–Kier alpha value is -1.39. The molecular weight excluding hydrogens is 229 g/mol. The number of alkyl halides is 3. The Morgan fingerprint density at radius 2 is 1.82 bits per heavy atom. The van der Waals surface area contributed by atoms with Crippen molar-refractivity contribution in [2.75, 3.05) is 23.7 Å². The predicted molar refractivity (Wildman–Crippen MR) is 61.8 cm³/mol. The van der Waals surface area contributed by atoms with Crippen LogP contribution in [0.4, 0.5) is 24.5 Å². The lowest BCUT2D eigenvalue weighted by Crippen LogP contribution is -2.39. The van der Waals surface area contributed by atoms with E-state index in [9.17, 15) is 13.2 Å². The smallest absolute Gasteiger partial charge is 0.391 e. The molecule has 94 valence electrons. The van der Waals surface area contributed by atoms with E-state index in [0.29, 0.717) is 18.8 Å². The Kier molecular flexibility index (Phi) is 3.17. The third-order valence-corrected chi connectivity index (χ3v) is 3.19. The van der Waals surface area contributed by atoms with Crippen LogP contribution in [0, 0.1) is 5.92 Å². The summed E-state index contributed by atoms with van der Waals surface area (Å²) in [4.78, 5) is 1.96. The first-order valence-electron chi connectivity index (χ1n) is 5.64. The second kappa shape index (κ2) is 4.47. The SMILES string of the molecule is Nc1cccc(N2CCC(C(F)(F)F)CC2)c1. The van der Waals surface area contributed by atoms with Crippen molar-refractivity contribution in [3.05, 3.63) is 24.3 Å². The Labute approximate surface area is 98.2 Å². The van der Waals surface area contributed by atoms with Gasteiger partial charge in [0.1, 0.15) is 0 Å². The molecule has 1 saturated heterocycles. The van der Waals surface area contributed by atoms with Gasteiger partial charge in [0, 0.05) is 24.5 Å². The first kappa shape index (κ1) is 12.1. The zero-order valence-corrected chi connectivity index (χ0v) is 9.37. The number of anilines is 2.